The van der Waals surface area contributed by atoms with Crippen molar-refractivity contribution in [1.82, 2.24) is 4.90 Å². The Kier molecular flexibility index (Phi) is 4.67. The van der Waals surface area contributed by atoms with Crippen LogP contribution in [-0.4, -0.2) is 40.6 Å². The predicted molar refractivity (Wildman–Crippen MR) is 73.9 cm³/mol. The number of rotatable bonds is 4. The molecular formula is C14H15ClFNO4. The summed E-state index contributed by atoms with van der Waals surface area (Å²) in [6, 6.07) is 2.78. The fourth-order valence-corrected chi connectivity index (χ4v) is 2.54. The first kappa shape index (κ1) is 15.6. The monoisotopic (exact) mass is 315 g/mol. The number of likely N-dealkylation sites (tertiary alicyclic amines) is 1. The molecule has 1 fully saturated rings. The number of carboxylic acids is 1. The van der Waals surface area contributed by atoms with Gasteiger partial charge >= 0.3 is 5.97 Å². The van der Waals surface area contributed by atoms with Crippen LogP contribution in [0.1, 0.15) is 19.8 Å². The molecule has 0 bridgehead atoms. The molecule has 1 amide bonds. The summed E-state index contributed by atoms with van der Waals surface area (Å²) in [5.41, 5.74) is 0. The molecule has 0 saturated carbocycles. The Bertz CT molecular complexity index is 566. The highest BCUT2D eigenvalue weighted by atomic mass is 35.5. The molecule has 0 radical (unpaired) electrons. The Morgan fingerprint density at radius 3 is 2.86 bits per heavy atom. The van der Waals surface area contributed by atoms with Gasteiger partial charge in [-0.05, 0) is 38.0 Å². The van der Waals surface area contributed by atoms with Gasteiger partial charge in [0.1, 0.15) is 17.6 Å². The second-order valence-corrected chi connectivity index (χ2v) is 5.27. The molecule has 0 spiro atoms. The predicted octanol–water partition coefficient (Wildman–Crippen LogP) is 2.32. The van der Waals surface area contributed by atoms with Crippen molar-refractivity contribution in [2.75, 3.05) is 6.54 Å². The van der Waals surface area contributed by atoms with Crippen LogP contribution in [0.3, 0.4) is 0 Å². The third-order valence-electron chi connectivity index (χ3n) is 3.37. The van der Waals surface area contributed by atoms with E-state index >= 15 is 0 Å². The van der Waals surface area contributed by atoms with Crippen molar-refractivity contribution < 1.29 is 23.8 Å². The number of amides is 1. The standard InChI is InChI=1S/C14H15ClFNO4/c1-8(21-12-5-4-9(16)7-10(12)15)13(18)17-6-2-3-11(17)14(19)20/h4-5,7-8,11H,2-3,6H2,1H3,(H,19,20)/t8-,11-/m0/s1. The highest BCUT2D eigenvalue weighted by Crippen LogP contribution is 2.27. The summed E-state index contributed by atoms with van der Waals surface area (Å²) in [4.78, 5) is 24.7. The minimum atomic E-state index is -1.02. The Balaban J connectivity index is 2.07. The number of ether oxygens (including phenoxy) is 1. The molecule has 1 aromatic carbocycles. The van der Waals surface area contributed by atoms with Crippen LogP contribution >= 0.6 is 11.6 Å². The van der Waals surface area contributed by atoms with Crippen LogP contribution in [0.5, 0.6) is 5.75 Å². The van der Waals surface area contributed by atoms with E-state index in [0.717, 1.165) is 6.07 Å². The van der Waals surface area contributed by atoms with Crippen LogP contribution < -0.4 is 4.74 Å². The third kappa shape index (κ3) is 3.44. The average molecular weight is 316 g/mol. The summed E-state index contributed by atoms with van der Waals surface area (Å²) in [6.07, 6.45) is 0.186. The van der Waals surface area contributed by atoms with Crippen molar-refractivity contribution in [3.8, 4) is 5.75 Å². The summed E-state index contributed by atoms with van der Waals surface area (Å²) < 4.78 is 18.4. The first-order valence-electron chi connectivity index (χ1n) is 6.55. The van der Waals surface area contributed by atoms with Crippen LogP contribution in [0.2, 0.25) is 5.02 Å². The second kappa shape index (κ2) is 6.30. The smallest absolute Gasteiger partial charge is 0.326 e. The Hall–Kier alpha value is -1.82. The summed E-state index contributed by atoms with van der Waals surface area (Å²) in [7, 11) is 0. The van der Waals surface area contributed by atoms with Crippen LogP contribution in [0.4, 0.5) is 4.39 Å². The lowest BCUT2D eigenvalue weighted by Gasteiger charge is -2.25. The molecule has 1 heterocycles. The van der Waals surface area contributed by atoms with E-state index in [-0.39, 0.29) is 10.8 Å². The van der Waals surface area contributed by atoms with E-state index in [4.69, 9.17) is 21.4 Å². The number of nitrogens with zero attached hydrogens (tertiary/aromatic N) is 1. The summed E-state index contributed by atoms with van der Waals surface area (Å²) in [5.74, 6) is -1.75. The van der Waals surface area contributed by atoms with E-state index in [1.807, 2.05) is 0 Å². The van der Waals surface area contributed by atoms with Crippen molar-refractivity contribution in [2.24, 2.45) is 0 Å². The van der Waals surface area contributed by atoms with Gasteiger partial charge in [-0.15, -0.1) is 0 Å². The van der Waals surface area contributed by atoms with Gasteiger partial charge in [0.15, 0.2) is 6.10 Å². The van der Waals surface area contributed by atoms with Gasteiger partial charge in [-0.25, -0.2) is 9.18 Å². The van der Waals surface area contributed by atoms with E-state index in [0.29, 0.717) is 19.4 Å². The van der Waals surface area contributed by atoms with Gasteiger partial charge in [0.05, 0.1) is 5.02 Å². The molecule has 1 aliphatic heterocycles. The normalized spacial score (nSPS) is 19.4. The first-order valence-corrected chi connectivity index (χ1v) is 6.93. The highest BCUT2D eigenvalue weighted by Gasteiger charge is 2.36. The van der Waals surface area contributed by atoms with Gasteiger partial charge in [-0.3, -0.25) is 4.79 Å². The summed E-state index contributed by atoms with van der Waals surface area (Å²) in [5, 5.41) is 9.14. The summed E-state index contributed by atoms with van der Waals surface area (Å²) in [6.45, 7) is 1.90. The van der Waals surface area contributed by atoms with Crippen molar-refractivity contribution in [1.29, 1.82) is 0 Å². The molecule has 114 valence electrons. The molecular weight excluding hydrogens is 301 g/mol. The zero-order chi connectivity index (χ0) is 15.6. The number of aliphatic carboxylic acids is 1. The number of carboxylic acid groups (broad SMARTS) is 1. The number of carbonyl (C=O) groups excluding carboxylic acids is 1. The number of hydrogen-bond donors (Lipinski definition) is 1. The molecule has 21 heavy (non-hydrogen) atoms. The topological polar surface area (TPSA) is 66.8 Å². The molecule has 5 nitrogen and oxygen atoms in total. The van der Waals surface area contributed by atoms with E-state index in [1.54, 1.807) is 0 Å². The van der Waals surface area contributed by atoms with Gasteiger partial charge in [-0.2, -0.15) is 0 Å². The Morgan fingerprint density at radius 2 is 2.24 bits per heavy atom. The maximum atomic E-state index is 12.9. The molecule has 1 saturated heterocycles. The van der Waals surface area contributed by atoms with Crippen LogP contribution in [0.25, 0.3) is 0 Å². The van der Waals surface area contributed by atoms with Crippen molar-refractivity contribution >= 4 is 23.5 Å². The van der Waals surface area contributed by atoms with Crippen molar-refractivity contribution in [2.45, 2.75) is 31.9 Å². The average Bonchev–Trinajstić information content (AvgIpc) is 2.90. The number of halogens is 2. The van der Waals surface area contributed by atoms with Gasteiger partial charge < -0.3 is 14.7 Å². The number of hydrogen-bond acceptors (Lipinski definition) is 3. The lowest BCUT2D eigenvalue weighted by atomic mass is 10.2. The molecule has 1 N–H and O–H groups in total. The minimum Gasteiger partial charge on any atom is -0.480 e. The van der Waals surface area contributed by atoms with E-state index < -0.39 is 29.8 Å². The molecule has 2 atom stereocenters. The van der Waals surface area contributed by atoms with Gasteiger partial charge in [0, 0.05) is 6.54 Å². The number of benzene rings is 1. The first-order chi connectivity index (χ1) is 9.90. The van der Waals surface area contributed by atoms with Gasteiger partial charge in [0.25, 0.3) is 5.91 Å². The molecule has 1 aromatic rings. The zero-order valence-electron chi connectivity index (χ0n) is 11.4. The number of carbonyl (C=O) groups is 2. The van der Waals surface area contributed by atoms with E-state index in [9.17, 15) is 14.0 Å². The Labute approximate surface area is 126 Å². The highest BCUT2D eigenvalue weighted by molar-refractivity contribution is 6.32. The van der Waals surface area contributed by atoms with Crippen LogP contribution in [0.15, 0.2) is 18.2 Å². The van der Waals surface area contributed by atoms with Crippen molar-refractivity contribution in [3.63, 3.8) is 0 Å². The molecule has 1 aliphatic rings. The second-order valence-electron chi connectivity index (χ2n) is 4.86. The molecule has 7 heteroatoms. The third-order valence-corrected chi connectivity index (χ3v) is 3.66. The maximum Gasteiger partial charge on any atom is 0.326 e. The quantitative estimate of drug-likeness (QED) is 0.926. The summed E-state index contributed by atoms with van der Waals surface area (Å²) >= 11 is 5.83. The SMILES string of the molecule is C[C@H](Oc1ccc(F)cc1Cl)C(=O)N1CCC[C@H]1C(=O)O. The van der Waals surface area contributed by atoms with Crippen LogP contribution in [-0.2, 0) is 9.59 Å². The minimum absolute atomic E-state index is 0.0610. The van der Waals surface area contributed by atoms with E-state index in [1.165, 1.54) is 24.0 Å². The van der Waals surface area contributed by atoms with Crippen LogP contribution in [0, 0.1) is 5.82 Å². The zero-order valence-corrected chi connectivity index (χ0v) is 12.1. The van der Waals surface area contributed by atoms with Gasteiger partial charge in [0.2, 0.25) is 0 Å². The van der Waals surface area contributed by atoms with E-state index in [2.05, 4.69) is 0 Å². The fraction of sp³-hybridized carbons (Fsp3) is 0.429. The molecule has 0 unspecified atom stereocenters. The molecule has 0 aliphatic carbocycles. The lowest BCUT2D eigenvalue weighted by Crippen LogP contribution is -2.46. The Morgan fingerprint density at radius 1 is 1.52 bits per heavy atom. The maximum absolute atomic E-state index is 12.9. The lowest BCUT2D eigenvalue weighted by molar-refractivity contribution is -0.150. The molecule has 2 rings (SSSR count). The molecule has 0 aromatic heterocycles. The fourth-order valence-electron chi connectivity index (χ4n) is 2.33. The largest absolute Gasteiger partial charge is 0.480 e. The van der Waals surface area contributed by atoms with Gasteiger partial charge in [-0.1, -0.05) is 11.6 Å². The van der Waals surface area contributed by atoms with Crippen molar-refractivity contribution in [3.05, 3.63) is 29.0 Å².